The lowest BCUT2D eigenvalue weighted by Gasteiger charge is -2.23. The molecule has 5 heteroatoms. The Bertz CT molecular complexity index is 660. The summed E-state index contributed by atoms with van der Waals surface area (Å²) in [4.78, 5) is 2.49. The molecule has 2 aromatic carbocycles. The normalized spacial score (nSPS) is 10.2. The van der Waals surface area contributed by atoms with Gasteiger partial charge in [0, 0.05) is 29.7 Å². The Kier molecular flexibility index (Phi) is 5.20. The fourth-order valence-electron chi connectivity index (χ4n) is 2.13. The van der Waals surface area contributed by atoms with Gasteiger partial charge in [-0.15, -0.1) is 0 Å². The first-order chi connectivity index (χ1) is 10.0. The molecule has 2 aromatic rings. The molecule has 0 saturated heterocycles. The molecule has 21 heavy (non-hydrogen) atoms. The van der Waals surface area contributed by atoms with Crippen LogP contribution in [-0.2, 0) is 6.54 Å². The number of thiocarbonyl (C=S) groups is 1. The highest BCUT2D eigenvalue weighted by molar-refractivity contribution is 9.10. The Morgan fingerprint density at radius 1 is 1.29 bits per heavy atom. The molecule has 0 aromatic heterocycles. The average Bonchev–Trinajstić information content (AvgIpc) is 2.48. The van der Waals surface area contributed by atoms with E-state index in [4.69, 9.17) is 22.7 Å². The Labute approximate surface area is 138 Å². The quantitative estimate of drug-likeness (QED) is 0.820. The minimum atomic E-state index is 0.381. The minimum Gasteiger partial charge on any atom is -0.497 e. The van der Waals surface area contributed by atoms with Gasteiger partial charge in [-0.05, 0) is 23.8 Å². The van der Waals surface area contributed by atoms with Crippen LogP contribution >= 0.6 is 28.1 Å². The Hall–Kier alpha value is -1.59. The fraction of sp³-hybridized carbons (Fsp3) is 0.188. The number of hydrogen-bond acceptors (Lipinski definition) is 3. The molecule has 0 heterocycles. The number of benzene rings is 2. The summed E-state index contributed by atoms with van der Waals surface area (Å²) < 4.78 is 6.37. The maximum atomic E-state index is 5.82. The molecular weight excluding hydrogens is 348 g/mol. The number of ether oxygens (including phenoxy) is 1. The molecule has 0 bridgehead atoms. The summed E-state index contributed by atoms with van der Waals surface area (Å²) in [6, 6.07) is 13.8. The van der Waals surface area contributed by atoms with E-state index in [1.165, 1.54) is 5.56 Å². The van der Waals surface area contributed by atoms with E-state index in [-0.39, 0.29) is 0 Å². The summed E-state index contributed by atoms with van der Waals surface area (Å²) in [6.07, 6.45) is 0. The number of hydrogen-bond donors (Lipinski definition) is 1. The zero-order chi connectivity index (χ0) is 15.4. The van der Waals surface area contributed by atoms with Crippen molar-refractivity contribution in [2.75, 3.05) is 19.1 Å². The van der Waals surface area contributed by atoms with Crippen LogP contribution in [0.1, 0.15) is 11.1 Å². The van der Waals surface area contributed by atoms with Crippen LogP contribution < -0.4 is 15.4 Å². The molecular formula is C16H17BrN2OS. The second kappa shape index (κ2) is 6.91. The van der Waals surface area contributed by atoms with Crippen molar-refractivity contribution in [3.63, 3.8) is 0 Å². The minimum absolute atomic E-state index is 0.381. The van der Waals surface area contributed by atoms with Crippen LogP contribution in [-0.4, -0.2) is 19.1 Å². The predicted molar refractivity (Wildman–Crippen MR) is 95.1 cm³/mol. The number of methoxy groups -OCH3 is 1. The van der Waals surface area contributed by atoms with Gasteiger partial charge in [0.15, 0.2) is 0 Å². The van der Waals surface area contributed by atoms with Crippen molar-refractivity contribution < 1.29 is 4.74 Å². The van der Waals surface area contributed by atoms with Crippen molar-refractivity contribution >= 4 is 38.8 Å². The van der Waals surface area contributed by atoms with E-state index in [2.05, 4.69) is 26.9 Å². The van der Waals surface area contributed by atoms with E-state index in [0.717, 1.165) is 28.0 Å². The summed E-state index contributed by atoms with van der Waals surface area (Å²) in [5, 5.41) is 0. The van der Waals surface area contributed by atoms with Crippen LogP contribution in [0.5, 0.6) is 5.75 Å². The molecule has 0 unspecified atom stereocenters. The van der Waals surface area contributed by atoms with Gasteiger partial charge in [0.25, 0.3) is 0 Å². The second-order valence-corrected chi connectivity index (χ2v) is 5.99. The van der Waals surface area contributed by atoms with E-state index in [0.29, 0.717) is 4.99 Å². The maximum Gasteiger partial charge on any atom is 0.120 e. The zero-order valence-corrected chi connectivity index (χ0v) is 14.4. The third-order valence-corrected chi connectivity index (χ3v) is 4.24. The summed E-state index contributed by atoms with van der Waals surface area (Å²) in [6.45, 7) is 0.740. The van der Waals surface area contributed by atoms with Crippen LogP contribution in [0.2, 0.25) is 0 Å². The Morgan fingerprint density at radius 3 is 2.62 bits per heavy atom. The molecule has 0 saturated carbocycles. The standard InChI is InChI=1S/C16H17BrN2OS/c1-19(10-11-5-3-4-6-14(11)17)15-9-12(20-2)7-8-13(15)16(18)21/h3-9H,10H2,1-2H3,(H2,18,21). The van der Waals surface area contributed by atoms with E-state index >= 15 is 0 Å². The van der Waals surface area contributed by atoms with Gasteiger partial charge in [0.05, 0.1) is 12.8 Å². The fourth-order valence-corrected chi connectivity index (χ4v) is 2.71. The van der Waals surface area contributed by atoms with Crippen LogP contribution in [0.25, 0.3) is 0 Å². The van der Waals surface area contributed by atoms with E-state index in [1.54, 1.807) is 7.11 Å². The number of nitrogens with two attached hydrogens (primary N) is 1. The van der Waals surface area contributed by atoms with Gasteiger partial charge in [-0.2, -0.15) is 0 Å². The SMILES string of the molecule is COc1ccc(C(N)=S)c(N(C)Cc2ccccc2Br)c1. The molecule has 3 nitrogen and oxygen atoms in total. The summed E-state index contributed by atoms with van der Waals surface area (Å²) in [7, 11) is 3.66. The summed E-state index contributed by atoms with van der Waals surface area (Å²) >= 11 is 8.71. The number of rotatable bonds is 5. The van der Waals surface area contributed by atoms with Gasteiger partial charge in [0.1, 0.15) is 10.7 Å². The highest BCUT2D eigenvalue weighted by atomic mass is 79.9. The van der Waals surface area contributed by atoms with Crippen LogP contribution in [0.3, 0.4) is 0 Å². The molecule has 0 radical (unpaired) electrons. The van der Waals surface area contributed by atoms with Crippen molar-refractivity contribution in [2.45, 2.75) is 6.54 Å². The van der Waals surface area contributed by atoms with Gasteiger partial charge in [-0.25, -0.2) is 0 Å². The number of anilines is 1. The lowest BCUT2D eigenvalue weighted by molar-refractivity contribution is 0.415. The molecule has 0 aliphatic heterocycles. The molecule has 0 aliphatic carbocycles. The molecule has 0 spiro atoms. The van der Waals surface area contributed by atoms with Crippen molar-refractivity contribution in [3.8, 4) is 5.75 Å². The number of nitrogens with zero attached hydrogens (tertiary/aromatic N) is 1. The van der Waals surface area contributed by atoms with E-state index < -0.39 is 0 Å². The predicted octanol–water partition coefficient (Wildman–Crippen LogP) is 3.73. The molecule has 0 fully saturated rings. The second-order valence-electron chi connectivity index (χ2n) is 4.69. The first-order valence-corrected chi connectivity index (χ1v) is 7.65. The molecule has 0 amide bonds. The lowest BCUT2D eigenvalue weighted by Crippen LogP contribution is -2.21. The zero-order valence-electron chi connectivity index (χ0n) is 12.0. The van der Waals surface area contributed by atoms with Crippen molar-refractivity contribution in [1.29, 1.82) is 0 Å². The summed E-state index contributed by atoms with van der Waals surface area (Å²) in [5.74, 6) is 0.781. The van der Waals surface area contributed by atoms with Crippen molar-refractivity contribution in [3.05, 3.63) is 58.1 Å². The van der Waals surface area contributed by atoms with Gasteiger partial charge < -0.3 is 15.4 Å². The average molecular weight is 365 g/mol. The molecule has 0 atom stereocenters. The van der Waals surface area contributed by atoms with E-state index in [9.17, 15) is 0 Å². The number of halogens is 1. The van der Waals surface area contributed by atoms with Gasteiger partial charge in [-0.3, -0.25) is 0 Å². The van der Waals surface area contributed by atoms with Gasteiger partial charge in [-0.1, -0.05) is 46.3 Å². The van der Waals surface area contributed by atoms with Crippen LogP contribution in [0.15, 0.2) is 46.9 Å². The topological polar surface area (TPSA) is 38.5 Å². The monoisotopic (exact) mass is 364 g/mol. The van der Waals surface area contributed by atoms with Crippen molar-refractivity contribution in [2.24, 2.45) is 5.73 Å². The van der Waals surface area contributed by atoms with E-state index in [1.807, 2.05) is 43.4 Å². The maximum absolute atomic E-state index is 5.82. The van der Waals surface area contributed by atoms with Gasteiger partial charge >= 0.3 is 0 Å². The largest absolute Gasteiger partial charge is 0.497 e. The summed E-state index contributed by atoms with van der Waals surface area (Å²) in [5.41, 5.74) is 8.82. The van der Waals surface area contributed by atoms with Crippen LogP contribution in [0.4, 0.5) is 5.69 Å². The molecule has 2 N–H and O–H groups in total. The molecule has 110 valence electrons. The molecule has 0 aliphatic rings. The van der Waals surface area contributed by atoms with Crippen LogP contribution in [0, 0.1) is 0 Å². The highest BCUT2D eigenvalue weighted by Crippen LogP contribution is 2.28. The van der Waals surface area contributed by atoms with Crippen molar-refractivity contribution in [1.82, 2.24) is 0 Å². The Balaban J connectivity index is 2.35. The Morgan fingerprint density at radius 2 is 2.00 bits per heavy atom. The first kappa shape index (κ1) is 15.8. The van der Waals surface area contributed by atoms with Gasteiger partial charge in [0.2, 0.25) is 0 Å². The first-order valence-electron chi connectivity index (χ1n) is 6.45. The smallest absolute Gasteiger partial charge is 0.120 e. The highest BCUT2D eigenvalue weighted by Gasteiger charge is 2.12. The molecule has 2 rings (SSSR count). The third kappa shape index (κ3) is 3.74. The lowest BCUT2D eigenvalue weighted by atomic mass is 10.1. The third-order valence-electron chi connectivity index (χ3n) is 3.25.